The van der Waals surface area contributed by atoms with E-state index in [1.165, 1.54) is 7.11 Å². The Labute approximate surface area is 232 Å². The summed E-state index contributed by atoms with van der Waals surface area (Å²) in [6.45, 7) is 1.06. The van der Waals surface area contributed by atoms with Crippen molar-refractivity contribution in [3.8, 4) is 11.5 Å². The van der Waals surface area contributed by atoms with Crippen LogP contribution in [0.4, 0.5) is 0 Å². The summed E-state index contributed by atoms with van der Waals surface area (Å²) >= 11 is 0. The molecule has 1 saturated heterocycles. The number of methoxy groups -OCH3 is 2. The van der Waals surface area contributed by atoms with Gasteiger partial charge in [-0.25, -0.2) is 4.68 Å². The molecule has 1 aliphatic heterocycles. The lowest BCUT2D eigenvalue weighted by molar-refractivity contribution is -0.143. The molecule has 1 aliphatic rings. The van der Waals surface area contributed by atoms with Crippen LogP contribution in [0.3, 0.4) is 0 Å². The van der Waals surface area contributed by atoms with Crippen molar-refractivity contribution < 1.29 is 23.8 Å². The largest absolute Gasteiger partial charge is 0.497 e. The number of amides is 2. The highest BCUT2D eigenvalue weighted by Crippen LogP contribution is 2.34. The predicted molar refractivity (Wildman–Crippen MR) is 149 cm³/mol. The topological polar surface area (TPSA) is 108 Å². The Morgan fingerprint density at radius 2 is 1.88 bits per heavy atom. The normalized spacial score (nSPS) is 15.5. The molecule has 3 aromatic carbocycles. The zero-order valence-electron chi connectivity index (χ0n) is 22.7. The Kier molecular flexibility index (Phi) is 8.56. The number of benzene rings is 3. The highest BCUT2D eigenvalue weighted by molar-refractivity contribution is 5.90. The zero-order chi connectivity index (χ0) is 27.9. The van der Waals surface area contributed by atoms with Crippen LogP contribution in [0.25, 0.3) is 11.0 Å². The molecule has 1 fully saturated rings. The van der Waals surface area contributed by atoms with E-state index in [2.05, 4.69) is 15.6 Å². The molecule has 208 valence electrons. The van der Waals surface area contributed by atoms with Crippen LogP contribution in [0.5, 0.6) is 11.5 Å². The van der Waals surface area contributed by atoms with Crippen molar-refractivity contribution in [3.63, 3.8) is 0 Å². The van der Waals surface area contributed by atoms with Crippen molar-refractivity contribution in [1.29, 1.82) is 0 Å². The molecule has 0 spiro atoms. The molecular formula is C30H33N5O5. The number of nitrogens with zero attached hydrogens (tertiary/aromatic N) is 4. The van der Waals surface area contributed by atoms with Gasteiger partial charge in [0.05, 0.1) is 25.8 Å². The van der Waals surface area contributed by atoms with Crippen molar-refractivity contribution in [1.82, 2.24) is 25.2 Å². The minimum Gasteiger partial charge on any atom is -0.497 e. The van der Waals surface area contributed by atoms with Gasteiger partial charge in [0.15, 0.2) is 0 Å². The Morgan fingerprint density at radius 1 is 1.07 bits per heavy atom. The average molecular weight is 544 g/mol. The van der Waals surface area contributed by atoms with Crippen LogP contribution in [0.1, 0.15) is 30.0 Å². The Balaban J connectivity index is 1.53. The van der Waals surface area contributed by atoms with Gasteiger partial charge in [0.1, 0.15) is 29.6 Å². The number of para-hydroxylation sites is 1. The fourth-order valence-corrected chi connectivity index (χ4v) is 5.00. The van der Waals surface area contributed by atoms with Gasteiger partial charge in [-0.3, -0.25) is 9.59 Å². The van der Waals surface area contributed by atoms with E-state index in [0.717, 1.165) is 23.9 Å². The SMILES string of the molecule is COc1ccc(OC)c([C@@H](C(=O)NCc2ccccc2)N(C[C@@H]2CCCO2)C(=O)Cn2nnc3ccccc32)c1. The van der Waals surface area contributed by atoms with Gasteiger partial charge in [-0.2, -0.15) is 0 Å². The summed E-state index contributed by atoms with van der Waals surface area (Å²) in [5.74, 6) is 0.376. The summed E-state index contributed by atoms with van der Waals surface area (Å²) in [5, 5.41) is 11.4. The number of hydrogen-bond donors (Lipinski definition) is 1. The molecule has 0 aliphatic carbocycles. The Morgan fingerprint density at radius 3 is 2.62 bits per heavy atom. The van der Waals surface area contributed by atoms with Crippen LogP contribution in [0, 0.1) is 0 Å². The van der Waals surface area contributed by atoms with Gasteiger partial charge in [-0.05, 0) is 48.7 Å². The van der Waals surface area contributed by atoms with Gasteiger partial charge in [0.2, 0.25) is 11.8 Å². The van der Waals surface area contributed by atoms with E-state index in [9.17, 15) is 9.59 Å². The van der Waals surface area contributed by atoms with E-state index in [-0.39, 0.29) is 31.0 Å². The summed E-state index contributed by atoms with van der Waals surface area (Å²) in [4.78, 5) is 29.7. The first-order valence-corrected chi connectivity index (χ1v) is 13.3. The smallest absolute Gasteiger partial charge is 0.247 e. The van der Waals surface area contributed by atoms with Crippen LogP contribution in [0.15, 0.2) is 72.8 Å². The Bertz CT molecular complexity index is 1450. The minimum absolute atomic E-state index is 0.0953. The number of hydrogen-bond acceptors (Lipinski definition) is 7. The molecule has 0 unspecified atom stereocenters. The second kappa shape index (κ2) is 12.6. The summed E-state index contributed by atoms with van der Waals surface area (Å²) < 4.78 is 18.6. The number of ether oxygens (including phenoxy) is 3. The van der Waals surface area contributed by atoms with Gasteiger partial charge in [-0.1, -0.05) is 47.7 Å². The Hall–Kier alpha value is -4.44. The van der Waals surface area contributed by atoms with Crippen LogP contribution < -0.4 is 14.8 Å². The molecule has 1 N–H and O–H groups in total. The van der Waals surface area contributed by atoms with Crippen molar-refractivity contribution in [3.05, 3.63) is 83.9 Å². The van der Waals surface area contributed by atoms with E-state index in [0.29, 0.717) is 35.7 Å². The zero-order valence-corrected chi connectivity index (χ0v) is 22.7. The molecule has 0 radical (unpaired) electrons. The highest BCUT2D eigenvalue weighted by Gasteiger charge is 2.36. The van der Waals surface area contributed by atoms with Crippen molar-refractivity contribution in [2.45, 2.75) is 38.1 Å². The molecule has 2 amide bonds. The van der Waals surface area contributed by atoms with E-state index < -0.39 is 6.04 Å². The summed E-state index contributed by atoms with van der Waals surface area (Å²) in [6.07, 6.45) is 1.50. The van der Waals surface area contributed by atoms with E-state index >= 15 is 0 Å². The minimum atomic E-state index is -1.01. The second-order valence-electron chi connectivity index (χ2n) is 9.63. The molecule has 5 rings (SSSR count). The fraction of sp³-hybridized carbons (Fsp3) is 0.333. The highest BCUT2D eigenvalue weighted by atomic mass is 16.5. The standard InChI is InChI=1S/C30H33N5O5/c1-38-22-14-15-27(39-2)24(17-22)29(30(37)31-18-21-9-4-3-5-10-21)34(19-23-11-8-16-40-23)28(36)20-35-26-13-7-6-12-25(26)32-33-35/h3-7,9-10,12-15,17,23,29H,8,11,16,18-20H2,1-2H3,(H,31,37)/t23-,29-/m0/s1. The van der Waals surface area contributed by atoms with E-state index in [1.807, 2.05) is 54.6 Å². The first kappa shape index (κ1) is 27.1. The van der Waals surface area contributed by atoms with Gasteiger partial charge >= 0.3 is 0 Å². The average Bonchev–Trinajstić information content (AvgIpc) is 3.66. The molecule has 2 heterocycles. The fourth-order valence-electron chi connectivity index (χ4n) is 5.00. The van der Waals surface area contributed by atoms with Gasteiger partial charge in [-0.15, -0.1) is 5.10 Å². The lowest BCUT2D eigenvalue weighted by atomic mass is 10.0. The maximum absolute atomic E-state index is 14.1. The van der Waals surface area contributed by atoms with Crippen molar-refractivity contribution in [2.24, 2.45) is 0 Å². The first-order valence-electron chi connectivity index (χ1n) is 13.3. The molecule has 4 aromatic rings. The molecule has 0 bridgehead atoms. The van der Waals surface area contributed by atoms with Crippen molar-refractivity contribution in [2.75, 3.05) is 27.4 Å². The van der Waals surface area contributed by atoms with Crippen molar-refractivity contribution >= 4 is 22.8 Å². The van der Waals surface area contributed by atoms with Crippen LogP contribution in [-0.2, 0) is 27.4 Å². The van der Waals surface area contributed by atoms with Gasteiger partial charge in [0.25, 0.3) is 0 Å². The number of fused-ring (bicyclic) bond motifs is 1. The summed E-state index contributed by atoms with van der Waals surface area (Å²) in [5.41, 5.74) is 2.88. The quantitative estimate of drug-likeness (QED) is 0.308. The molecule has 0 saturated carbocycles. The predicted octanol–water partition coefficient (Wildman–Crippen LogP) is 3.51. The molecule has 2 atom stereocenters. The van der Waals surface area contributed by atoms with Crippen LogP contribution in [0.2, 0.25) is 0 Å². The van der Waals surface area contributed by atoms with Gasteiger partial charge in [0, 0.05) is 25.3 Å². The maximum Gasteiger partial charge on any atom is 0.247 e. The van der Waals surface area contributed by atoms with Gasteiger partial charge < -0.3 is 24.4 Å². The number of carbonyl (C=O) groups excluding carboxylic acids is 2. The molecule has 1 aromatic heterocycles. The summed E-state index contributed by atoms with van der Waals surface area (Å²) in [6, 6.07) is 21.3. The molecule has 10 heteroatoms. The van der Waals surface area contributed by atoms with Crippen LogP contribution in [-0.4, -0.2) is 65.2 Å². The van der Waals surface area contributed by atoms with E-state index in [1.54, 1.807) is 34.9 Å². The summed E-state index contributed by atoms with van der Waals surface area (Å²) in [7, 11) is 3.10. The third-order valence-corrected chi connectivity index (χ3v) is 7.05. The lowest BCUT2D eigenvalue weighted by Gasteiger charge is -2.34. The number of nitrogens with one attached hydrogen (secondary N) is 1. The third-order valence-electron chi connectivity index (χ3n) is 7.05. The number of carbonyl (C=O) groups is 2. The lowest BCUT2D eigenvalue weighted by Crippen LogP contribution is -2.47. The third kappa shape index (κ3) is 6.07. The monoisotopic (exact) mass is 543 g/mol. The maximum atomic E-state index is 14.1. The first-order chi connectivity index (χ1) is 19.6. The second-order valence-corrected chi connectivity index (χ2v) is 9.63. The molecule has 10 nitrogen and oxygen atoms in total. The van der Waals surface area contributed by atoms with Crippen LogP contribution >= 0.6 is 0 Å². The number of rotatable bonds is 11. The molecule has 40 heavy (non-hydrogen) atoms. The molecular weight excluding hydrogens is 510 g/mol. The van der Waals surface area contributed by atoms with E-state index in [4.69, 9.17) is 14.2 Å². The number of aromatic nitrogens is 3.